The molecule has 196 valence electrons. The van der Waals surface area contributed by atoms with Gasteiger partial charge in [0.1, 0.15) is 6.10 Å². The molecular weight excluding hydrogens is 462 g/mol. The molecule has 1 aromatic heterocycles. The first-order valence-corrected chi connectivity index (χ1v) is 12.2. The highest BCUT2D eigenvalue weighted by Crippen LogP contribution is 2.32. The van der Waals surface area contributed by atoms with Crippen LogP contribution in [0.4, 0.5) is 0 Å². The van der Waals surface area contributed by atoms with Gasteiger partial charge in [0.2, 0.25) is 6.79 Å². The first-order chi connectivity index (χ1) is 17.1. The molecule has 0 aliphatic carbocycles. The van der Waals surface area contributed by atoms with Crippen LogP contribution in [-0.4, -0.2) is 42.7 Å². The van der Waals surface area contributed by atoms with Gasteiger partial charge in [0.25, 0.3) is 0 Å². The molecule has 0 radical (unpaired) electrons. The molecule has 0 aliphatic heterocycles. The van der Waals surface area contributed by atoms with Crippen LogP contribution in [0.2, 0.25) is 0 Å². The Bertz CT molecular complexity index is 1010. The number of carbonyl (C=O) groups excluding carboxylic acids is 3. The SMILES string of the molecule is COc1ccnc(C(=O)C[C@@H](C)C(=O)O[C@@H](C)[C@H](CCC(C)C)c2ccccc2)c1OCOC(C)=O. The van der Waals surface area contributed by atoms with Crippen LogP contribution in [0.3, 0.4) is 0 Å². The van der Waals surface area contributed by atoms with Crippen molar-refractivity contribution >= 4 is 17.7 Å². The predicted octanol–water partition coefficient (Wildman–Crippen LogP) is 5.35. The van der Waals surface area contributed by atoms with Crippen LogP contribution in [0.25, 0.3) is 0 Å². The van der Waals surface area contributed by atoms with Crippen molar-refractivity contribution < 1.29 is 33.3 Å². The van der Waals surface area contributed by atoms with Gasteiger partial charge in [0.05, 0.1) is 13.0 Å². The fraction of sp³-hybridized carbons (Fsp3) is 0.500. The normalized spacial score (nSPS) is 13.4. The van der Waals surface area contributed by atoms with Gasteiger partial charge in [0, 0.05) is 31.5 Å². The lowest BCUT2D eigenvalue weighted by atomic mass is 9.87. The van der Waals surface area contributed by atoms with Gasteiger partial charge in [0.15, 0.2) is 23.0 Å². The largest absolute Gasteiger partial charge is 0.493 e. The van der Waals surface area contributed by atoms with E-state index in [-0.39, 0.29) is 35.6 Å². The van der Waals surface area contributed by atoms with E-state index in [4.69, 9.17) is 18.9 Å². The predicted molar refractivity (Wildman–Crippen MR) is 135 cm³/mol. The van der Waals surface area contributed by atoms with E-state index in [0.717, 1.165) is 18.4 Å². The summed E-state index contributed by atoms with van der Waals surface area (Å²) >= 11 is 0. The molecule has 2 rings (SSSR count). The first-order valence-electron chi connectivity index (χ1n) is 12.2. The topological polar surface area (TPSA) is 101 Å². The zero-order valence-corrected chi connectivity index (χ0v) is 22.0. The van der Waals surface area contributed by atoms with Crippen molar-refractivity contribution in [3.63, 3.8) is 0 Å². The third kappa shape index (κ3) is 8.66. The van der Waals surface area contributed by atoms with E-state index in [1.54, 1.807) is 6.92 Å². The van der Waals surface area contributed by atoms with Crippen molar-refractivity contribution in [2.45, 2.75) is 65.9 Å². The van der Waals surface area contributed by atoms with E-state index in [2.05, 4.69) is 18.8 Å². The van der Waals surface area contributed by atoms with Crippen molar-refractivity contribution in [3.8, 4) is 11.5 Å². The molecule has 0 spiro atoms. The van der Waals surface area contributed by atoms with E-state index in [0.29, 0.717) is 5.92 Å². The summed E-state index contributed by atoms with van der Waals surface area (Å²) < 4.78 is 21.4. The summed E-state index contributed by atoms with van der Waals surface area (Å²) in [5.41, 5.74) is 1.12. The number of carbonyl (C=O) groups is 3. The molecular formula is C28H37NO7. The van der Waals surface area contributed by atoms with E-state index < -0.39 is 30.4 Å². The van der Waals surface area contributed by atoms with E-state index in [1.165, 1.54) is 26.3 Å². The average molecular weight is 500 g/mol. The van der Waals surface area contributed by atoms with Crippen LogP contribution < -0.4 is 9.47 Å². The number of benzene rings is 1. The Morgan fingerprint density at radius 3 is 2.28 bits per heavy atom. The van der Waals surface area contributed by atoms with Crippen molar-refractivity contribution in [1.82, 2.24) is 4.98 Å². The third-order valence-electron chi connectivity index (χ3n) is 5.86. The molecule has 0 amide bonds. The second-order valence-corrected chi connectivity index (χ2v) is 9.25. The summed E-state index contributed by atoms with van der Waals surface area (Å²) in [7, 11) is 1.42. The summed E-state index contributed by atoms with van der Waals surface area (Å²) in [4.78, 5) is 41.2. The van der Waals surface area contributed by atoms with Crippen LogP contribution >= 0.6 is 0 Å². The van der Waals surface area contributed by atoms with Crippen LogP contribution in [0.1, 0.15) is 75.9 Å². The Morgan fingerprint density at radius 2 is 1.67 bits per heavy atom. The zero-order valence-electron chi connectivity index (χ0n) is 22.0. The fourth-order valence-electron chi connectivity index (χ4n) is 3.83. The third-order valence-corrected chi connectivity index (χ3v) is 5.86. The summed E-state index contributed by atoms with van der Waals surface area (Å²) in [6, 6.07) is 11.6. The second kappa shape index (κ2) is 14.2. The highest BCUT2D eigenvalue weighted by atomic mass is 16.7. The number of hydrogen-bond donors (Lipinski definition) is 0. The molecule has 36 heavy (non-hydrogen) atoms. The summed E-state index contributed by atoms with van der Waals surface area (Å²) in [6.07, 6.45) is 2.83. The van der Waals surface area contributed by atoms with Gasteiger partial charge in [-0.2, -0.15) is 0 Å². The maximum atomic E-state index is 13.1. The molecule has 0 aliphatic rings. The van der Waals surface area contributed by atoms with Gasteiger partial charge >= 0.3 is 11.9 Å². The Balaban J connectivity index is 2.09. The van der Waals surface area contributed by atoms with E-state index in [9.17, 15) is 14.4 Å². The first kappa shape index (κ1) is 28.8. The zero-order chi connectivity index (χ0) is 26.7. The number of ketones is 1. The van der Waals surface area contributed by atoms with Crippen LogP contribution in [-0.2, 0) is 19.1 Å². The van der Waals surface area contributed by atoms with Crippen LogP contribution in [0.5, 0.6) is 11.5 Å². The summed E-state index contributed by atoms with van der Waals surface area (Å²) in [6.45, 7) is 8.74. The molecule has 0 saturated carbocycles. The van der Waals surface area contributed by atoms with Gasteiger partial charge in [-0.1, -0.05) is 57.5 Å². The van der Waals surface area contributed by atoms with Gasteiger partial charge < -0.3 is 18.9 Å². The molecule has 1 aromatic carbocycles. The Labute approximate surface area is 213 Å². The number of ether oxygens (including phenoxy) is 4. The van der Waals surface area contributed by atoms with Gasteiger partial charge in [-0.15, -0.1) is 0 Å². The fourth-order valence-corrected chi connectivity index (χ4v) is 3.83. The molecule has 0 N–H and O–H groups in total. The lowest BCUT2D eigenvalue weighted by molar-refractivity contribution is -0.154. The lowest BCUT2D eigenvalue weighted by Gasteiger charge is -2.26. The average Bonchev–Trinajstić information content (AvgIpc) is 2.84. The molecule has 8 heteroatoms. The standard InChI is InChI=1S/C28H37NO7/c1-18(2)12-13-23(22-10-8-7-9-11-22)20(4)36-28(32)19(3)16-24(31)26-27(35-17-34-21(5)30)25(33-6)14-15-29-26/h7-11,14-15,18-20,23H,12-13,16-17H2,1-6H3/t19-,20+,23+/m1/s1. The van der Waals surface area contributed by atoms with Crippen molar-refractivity contribution in [3.05, 3.63) is 53.9 Å². The number of hydrogen-bond acceptors (Lipinski definition) is 8. The number of methoxy groups -OCH3 is 1. The Morgan fingerprint density at radius 1 is 0.972 bits per heavy atom. The minimum absolute atomic E-state index is 0.00621. The van der Waals surface area contributed by atoms with Crippen molar-refractivity contribution in [1.29, 1.82) is 0 Å². The molecule has 0 unspecified atom stereocenters. The number of esters is 2. The molecule has 0 bridgehead atoms. The van der Waals surface area contributed by atoms with E-state index in [1.807, 2.05) is 37.3 Å². The number of aromatic nitrogens is 1. The molecule has 1 heterocycles. The number of nitrogens with zero attached hydrogens (tertiary/aromatic N) is 1. The van der Waals surface area contributed by atoms with E-state index >= 15 is 0 Å². The highest BCUT2D eigenvalue weighted by molar-refractivity contribution is 5.99. The number of Topliss-reactive ketones (excluding diaryl/α,β-unsaturated/α-hetero) is 1. The maximum Gasteiger partial charge on any atom is 0.309 e. The summed E-state index contributed by atoms with van der Waals surface area (Å²) in [5, 5.41) is 0. The second-order valence-electron chi connectivity index (χ2n) is 9.25. The monoisotopic (exact) mass is 499 g/mol. The Kier molecular flexibility index (Phi) is 11.4. The summed E-state index contributed by atoms with van der Waals surface area (Å²) in [5.74, 6) is -1.19. The number of rotatable bonds is 14. The van der Waals surface area contributed by atoms with Crippen molar-refractivity contribution in [2.24, 2.45) is 11.8 Å². The van der Waals surface area contributed by atoms with Crippen LogP contribution in [0.15, 0.2) is 42.6 Å². The van der Waals surface area contributed by atoms with Crippen molar-refractivity contribution in [2.75, 3.05) is 13.9 Å². The molecule has 0 saturated heterocycles. The number of pyridine rings is 1. The minimum atomic E-state index is -0.698. The molecule has 8 nitrogen and oxygen atoms in total. The molecule has 3 atom stereocenters. The van der Waals surface area contributed by atoms with Crippen LogP contribution in [0, 0.1) is 11.8 Å². The smallest absolute Gasteiger partial charge is 0.309 e. The quantitative estimate of drug-likeness (QED) is 0.195. The van der Waals surface area contributed by atoms with Gasteiger partial charge in [-0.3, -0.25) is 14.4 Å². The minimum Gasteiger partial charge on any atom is -0.493 e. The Hall–Kier alpha value is -3.42. The lowest BCUT2D eigenvalue weighted by Crippen LogP contribution is -2.27. The molecule has 0 fully saturated rings. The highest BCUT2D eigenvalue weighted by Gasteiger charge is 2.28. The van der Waals surface area contributed by atoms with Gasteiger partial charge in [-0.25, -0.2) is 4.98 Å². The molecule has 2 aromatic rings. The maximum absolute atomic E-state index is 13.1. The van der Waals surface area contributed by atoms with Gasteiger partial charge in [-0.05, 0) is 24.8 Å².